The quantitative estimate of drug-likeness (QED) is 0.482. The molecule has 7 nitrogen and oxygen atoms in total. The predicted octanol–water partition coefficient (Wildman–Crippen LogP) is 4.75. The molecule has 0 radical (unpaired) electrons. The summed E-state index contributed by atoms with van der Waals surface area (Å²) in [6, 6.07) is 10.5. The number of nitrogens with zero attached hydrogens (tertiary/aromatic N) is 3. The van der Waals surface area contributed by atoms with Crippen LogP contribution in [0.25, 0.3) is 0 Å². The SMILES string of the molecule is COc1ccc(Cl)cc1NC(=O)CSc1nnc(COc2ccc(Cl)c(C)c2)n1C. The number of methoxy groups -OCH3 is 1. The molecule has 0 bridgehead atoms. The van der Waals surface area contributed by atoms with Crippen LogP contribution in [-0.2, 0) is 18.4 Å². The molecule has 0 atom stereocenters. The summed E-state index contributed by atoms with van der Waals surface area (Å²) < 4.78 is 12.8. The molecule has 158 valence electrons. The second-order valence-corrected chi connectivity index (χ2v) is 8.13. The van der Waals surface area contributed by atoms with Gasteiger partial charge in [-0.25, -0.2) is 0 Å². The second-order valence-electron chi connectivity index (χ2n) is 6.34. The van der Waals surface area contributed by atoms with E-state index in [4.69, 9.17) is 32.7 Å². The first-order chi connectivity index (χ1) is 14.4. The van der Waals surface area contributed by atoms with E-state index in [1.54, 1.807) is 34.9 Å². The monoisotopic (exact) mass is 466 g/mol. The number of ether oxygens (including phenoxy) is 2. The molecule has 0 unspecified atom stereocenters. The van der Waals surface area contributed by atoms with Gasteiger partial charge in [0, 0.05) is 17.1 Å². The zero-order valence-electron chi connectivity index (χ0n) is 16.6. The van der Waals surface area contributed by atoms with Crippen molar-refractivity contribution in [2.24, 2.45) is 7.05 Å². The fraction of sp³-hybridized carbons (Fsp3) is 0.250. The first kappa shape index (κ1) is 22.3. The van der Waals surface area contributed by atoms with E-state index in [-0.39, 0.29) is 18.3 Å². The van der Waals surface area contributed by atoms with E-state index >= 15 is 0 Å². The molecule has 0 saturated heterocycles. The topological polar surface area (TPSA) is 78.3 Å². The molecule has 0 spiro atoms. The highest BCUT2D eigenvalue weighted by Gasteiger charge is 2.14. The summed E-state index contributed by atoms with van der Waals surface area (Å²) in [5.41, 5.74) is 1.45. The molecule has 0 saturated carbocycles. The van der Waals surface area contributed by atoms with Gasteiger partial charge in [0.2, 0.25) is 5.91 Å². The van der Waals surface area contributed by atoms with E-state index in [9.17, 15) is 4.79 Å². The number of nitrogens with one attached hydrogen (secondary N) is 1. The molecule has 3 rings (SSSR count). The molecule has 0 aliphatic rings. The highest BCUT2D eigenvalue weighted by Crippen LogP contribution is 2.28. The number of benzene rings is 2. The number of carbonyl (C=O) groups excluding carboxylic acids is 1. The molecule has 1 amide bonds. The minimum Gasteiger partial charge on any atom is -0.495 e. The Morgan fingerprint density at radius 1 is 1.20 bits per heavy atom. The van der Waals surface area contributed by atoms with Gasteiger partial charge in [-0.2, -0.15) is 0 Å². The molecule has 10 heteroatoms. The maximum atomic E-state index is 12.3. The highest BCUT2D eigenvalue weighted by atomic mass is 35.5. The summed E-state index contributed by atoms with van der Waals surface area (Å²) in [7, 11) is 3.36. The van der Waals surface area contributed by atoms with Crippen LogP contribution in [0.3, 0.4) is 0 Å². The van der Waals surface area contributed by atoms with Crippen LogP contribution in [0.5, 0.6) is 11.5 Å². The fourth-order valence-corrected chi connectivity index (χ4v) is 3.57. The van der Waals surface area contributed by atoms with Gasteiger partial charge in [-0.05, 0) is 48.9 Å². The summed E-state index contributed by atoms with van der Waals surface area (Å²) in [5.74, 6) is 1.82. The van der Waals surface area contributed by atoms with E-state index < -0.39 is 0 Å². The van der Waals surface area contributed by atoms with Gasteiger partial charge in [-0.1, -0.05) is 35.0 Å². The number of rotatable bonds is 8. The van der Waals surface area contributed by atoms with Gasteiger partial charge in [0.25, 0.3) is 0 Å². The largest absolute Gasteiger partial charge is 0.495 e. The van der Waals surface area contributed by atoms with Crippen molar-refractivity contribution < 1.29 is 14.3 Å². The zero-order chi connectivity index (χ0) is 21.7. The van der Waals surface area contributed by atoms with E-state index in [1.165, 1.54) is 18.9 Å². The van der Waals surface area contributed by atoms with Crippen molar-refractivity contribution in [3.8, 4) is 11.5 Å². The summed E-state index contributed by atoms with van der Waals surface area (Å²) in [6.07, 6.45) is 0. The summed E-state index contributed by atoms with van der Waals surface area (Å²) >= 11 is 13.3. The first-order valence-corrected chi connectivity index (χ1v) is 10.6. The van der Waals surface area contributed by atoms with Gasteiger partial charge in [-0.3, -0.25) is 4.79 Å². The van der Waals surface area contributed by atoms with E-state index in [0.29, 0.717) is 38.2 Å². The highest BCUT2D eigenvalue weighted by molar-refractivity contribution is 7.99. The number of hydrogen-bond donors (Lipinski definition) is 1. The van der Waals surface area contributed by atoms with Crippen LogP contribution in [0, 0.1) is 6.92 Å². The van der Waals surface area contributed by atoms with Crippen LogP contribution in [-0.4, -0.2) is 33.5 Å². The predicted molar refractivity (Wildman–Crippen MR) is 119 cm³/mol. The Hall–Kier alpha value is -2.42. The molecule has 1 heterocycles. The van der Waals surface area contributed by atoms with E-state index in [1.807, 2.05) is 20.0 Å². The minimum atomic E-state index is -0.210. The number of hydrogen-bond acceptors (Lipinski definition) is 6. The lowest BCUT2D eigenvalue weighted by Gasteiger charge is -2.10. The molecule has 30 heavy (non-hydrogen) atoms. The summed E-state index contributed by atoms with van der Waals surface area (Å²) in [6.45, 7) is 2.16. The fourth-order valence-electron chi connectivity index (χ4n) is 2.55. The second kappa shape index (κ2) is 10.1. The number of aromatic nitrogens is 3. The molecule has 2 aromatic carbocycles. The Morgan fingerprint density at radius 2 is 2.00 bits per heavy atom. The minimum absolute atomic E-state index is 0.152. The van der Waals surface area contributed by atoms with Gasteiger partial charge in [-0.15, -0.1) is 10.2 Å². The van der Waals surface area contributed by atoms with Gasteiger partial charge in [0.05, 0.1) is 18.6 Å². The Kier molecular flexibility index (Phi) is 7.47. The Balaban J connectivity index is 1.56. The smallest absolute Gasteiger partial charge is 0.234 e. The third-order valence-corrected chi connectivity index (χ3v) is 5.87. The molecule has 1 N–H and O–H groups in total. The number of halogens is 2. The van der Waals surface area contributed by atoms with Crippen molar-refractivity contribution in [3.05, 3.63) is 57.8 Å². The lowest BCUT2D eigenvalue weighted by atomic mass is 10.2. The normalized spacial score (nSPS) is 10.7. The van der Waals surface area contributed by atoms with Crippen LogP contribution in [0.2, 0.25) is 10.0 Å². The maximum absolute atomic E-state index is 12.3. The summed E-state index contributed by atoms with van der Waals surface area (Å²) in [4.78, 5) is 12.3. The number of anilines is 1. The Labute approximate surface area is 188 Å². The third kappa shape index (κ3) is 5.59. The third-order valence-electron chi connectivity index (χ3n) is 4.19. The molecule has 0 aliphatic heterocycles. The molecule has 3 aromatic rings. The number of amides is 1. The van der Waals surface area contributed by atoms with Crippen LogP contribution in [0.4, 0.5) is 5.69 Å². The molecule has 1 aromatic heterocycles. The van der Waals surface area contributed by atoms with Crippen molar-refractivity contribution in [1.82, 2.24) is 14.8 Å². The maximum Gasteiger partial charge on any atom is 0.234 e. The average molecular weight is 467 g/mol. The zero-order valence-corrected chi connectivity index (χ0v) is 18.9. The van der Waals surface area contributed by atoms with Crippen LogP contribution >= 0.6 is 35.0 Å². The van der Waals surface area contributed by atoms with Gasteiger partial charge in [0.1, 0.15) is 18.1 Å². The molecule has 0 aliphatic carbocycles. The standard InChI is InChI=1S/C20H20Cl2N4O3S/c1-12-8-14(5-6-15(12)22)29-10-18-24-25-20(26(18)2)30-11-19(27)23-16-9-13(21)4-7-17(16)28-3/h4-9H,10-11H2,1-3H3,(H,23,27). The number of thioether (sulfide) groups is 1. The number of aryl methyl sites for hydroxylation is 1. The van der Waals surface area contributed by atoms with Gasteiger partial charge >= 0.3 is 0 Å². The lowest BCUT2D eigenvalue weighted by molar-refractivity contribution is -0.113. The van der Waals surface area contributed by atoms with Crippen LogP contribution in [0.15, 0.2) is 41.6 Å². The average Bonchev–Trinajstić information content (AvgIpc) is 3.07. The van der Waals surface area contributed by atoms with Crippen molar-refractivity contribution >= 4 is 46.6 Å². The molecular formula is C20H20Cl2N4O3S. The first-order valence-electron chi connectivity index (χ1n) is 8.90. The van der Waals surface area contributed by atoms with E-state index in [0.717, 1.165) is 5.56 Å². The van der Waals surface area contributed by atoms with Crippen molar-refractivity contribution in [1.29, 1.82) is 0 Å². The van der Waals surface area contributed by atoms with Crippen molar-refractivity contribution in [2.45, 2.75) is 18.7 Å². The lowest BCUT2D eigenvalue weighted by Crippen LogP contribution is -2.15. The van der Waals surface area contributed by atoms with Gasteiger partial charge in [0.15, 0.2) is 11.0 Å². The Morgan fingerprint density at radius 3 is 2.73 bits per heavy atom. The van der Waals surface area contributed by atoms with E-state index in [2.05, 4.69) is 15.5 Å². The van der Waals surface area contributed by atoms with Crippen LogP contribution < -0.4 is 14.8 Å². The molecule has 0 fully saturated rings. The Bertz CT molecular complexity index is 1060. The summed E-state index contributed by atoms with van der Waals surface area (Å²) in [5, 5.41) is 12.9. The van der Waals surface area contributed by atoms with Gasteiger partial charge < -0.3 is 19.4 Å². The van der Waals surface area contributed by atoms with Crippen molar-refractivity contribution in [2.75, 3.05) is 18.2 Å². The number of carbonyl (C=O) groups is 1. The van der Waals surface area contributed by atoms with Crippen molar-refractivity contribution in [3.63, 3.8) is 0 Å². The van der Waals surface area contributed by atoms with Crippen LogP contribution in [0.1, 0.15) is 11.4 Å². The molecular weight excluding hydrogens is 447 g/mol.